The normalized spacial score (nSPS) is 23.2. The molecule has 2 aliphatic carbocycles. The molecule has 1 saturated heterocycles. The molecule has 2 heteroatoms. The van der Waals surface area contributed by atoms with E-state index in [1.54, 1.807) is 5.56 Å². The third-order valence-electron chi connectivity index (χ3n) is 6.24. The van der Waals surface area contributed by atoms with E-state index in [0.717, 1.165) is 5.92 Å². The van der Waals surface area contributed by atoms with Crippen molar-refractivity contribution in [2.24, 2.45) is 5.92 Å². The number of allylic oxidation sites excluding steroid dienone is 2. The van der Waals surface area contributed by atoms with Crippen LogP contribution in [0.15, 0.2) is 41.4 Å². The van der Waals surface area contributed by atoms with E-state index in [-0.39, 0.29) is 0 Å². The predicted molar refractivity (Wildman–Crippen MR) is 110 cm³/mol. The van der Waals surface area contributed by atoms with Crippen LogP contribution in [0.1, 0.15) is 62.5 Å². The zero-order chi connectivity index (χ0) is 17.1. The average Bonchev–Trinajstić information content (AvgIpc) is 3.31. The van der Waals surface area contributed by atoms with Crippen LogP contribution in [0, 0.1) is 5.92 Å². The number of fused-ring (bicyclic) bond motifs is 1. The molecule has 0 amide bonds. The van der Waals surface area contributed by atoms with Crippen LogP contribution in [0.3, 0.4) is 0 Å². The van der Waals surface area contributed by atoms with Gasteiger partial charge in [-0.15, -0.1) is 11.8 Å². The molecule has 2 fully saturated rings. The standard InChI is InChI=1S/C23H31NS/c1-18(16-19-8-2-3-9-19)24-15-7-12-21(24)17-25-23-14-6-11-20-10-4-5-13-22(20)23/h4,6,10-11,14,19,21H,1-3,5,7-9,12-13,15-17H2. The minimum atomic E-state index is 0.689. The van der Waals surface area contributed by atoms with Gasteiger partial charge in [-0.3, -0.25) is 0 Å². The Kier molecular flexibility index (Phi) is 5.55. The highest BCUT2D eigenvalue weighted by molar-refractivity contribution is 7.99. The van der Waals surface area contributed by atoms with Gasteiger partial charge in [-0.2, -0.15) is 0 Å². The lowest BCUT2D eigenvalue weighted by Gasteiger charge is -2.30. The van der Waals surface area contributed by atoms with Crippen LogP contribution >= 0.6 is 11.8 Å². The number of benzene rings is 1. The minimum absolute atomic E-state index is 0.689. The summed E-state index contributed by atoms with van der Waals surface area (Å²) in [4.78, 5) is 4.16. The average molecular weight is 354 g/mol. The first-order valence-corrected chi connectivity index (χ1v) is 11.2. The van der Waals surface area contributed by atoms with Crippen LogP contribution in [0.5, 0.6) is 0 Å². The van der Waals surface area contributed by atoms with Crippen molar-refractivity contribution in [3.05, 3.63) is 47.7 Å². The Morgan fingerprint density at radius 2 is 2.04 bits per heavy atom. The van der Waals surface area contributed by atoms with Gasteiger partial charge in [0.2, 0.25) is 0 Å². The van der Waals surface area contributed by atoms with Gasteiger partial charge in [0.15, 0.2) is 0 Å². The Labute approximate surface area is 157 Å². The molecule has 0 spiro atoms. The highest BCUT2D eigenvalue weighted by Gasteiger charge is 2.27. The SMILES string of the molecule is C=C(CC1CCCC1)N1CCCC1CSc1cccc2c1CCC=C2. The van der Waals surface area contributed by atoms with E-state index in [0.29, 0.717) is 6.04 Å². The third kappa shape index (κ3) is 4.00. The van der Waals surface area contributed by atoms with E-state index in [1.807, 2.05) is 0 Å². The maximum atomic E-state index is 4.48. The van der Waals surface area contributed by atoms with Gasteiger partial charge in [-0.1, -0.05) is 56.5 Å². The number of likely N-dealkylation sites (tertiary alicyclic amines) is 1. The molecule has 0 N–H and O–H groups in total. The Hall–Kier alpha value is -1.15. The summed E-state index contributed by atoms with van der Waals surface area (Å²) in [5.41, 5.74) is 4.43. The molecule has 1 unspecified atom stereocenters. The van der Waals surface area contributed by atoms with E-state index in [1.165, 1.54) is 86.2 Å². The Morgan fingerprint density at radius 1 is 1.16 bits per heavy atom. The molecule has 4 rings (SSSR count). The highest BCUT2D eigenvalue weighted by atomic mass is 32.2. The summed E-state index contributed by atoms with van der Waals surface area (Å²) in [6.45, 7) is 5.71. The number of hydrogen-bond donors (Lipinski definition) is 0. The molecule has 1 atom stereocenters. The summed E-state index contributed by atoms with van der Waals surface area (Å²) < 4.78 is 0. The van der Waals surface area contributed by atoms with Crippen molar-refractivity contribution in [3.63, 3.8) is 0 Å². The quantitative estimate of drug-likeness (QED) is 0.552. The highest BCUT2D eigenvalue weighted by Crippen LogP contribution is 2.36. The zero-order valence-electron chi connectivity index (χ0n) is 15.4. The van der Waals surface area contributed by atoms with Crippen LogP contribution in [0.2, 0.25) is 0 Å². The fraction of sp³-hybridized carbons (Fsp3) is 0.565. The lowest BCUT2D eigenvalue weighted by atomic mass is 9.98. The molecule has 1 saturated carbocycles. The van der Waals surface area contributed by atoms with Gasteiger partial charge in [-0.25, -0.2) is 0 Å². The van der Waals surface area contributed by atoms with Crippen molar-refractivity contribution in [2.75, 3.05) is 12.3 Å². The van der Waals surface area contributed by atoms with Crippen molar-refractivity contribution >= 4 is 17.8 Å². The number of thioether (sulfide) groups is 1. The second-order valence-electron chi connectivity index (χ2n) is 7.99. The molecule has 1 aliphatic heterocycles. The largest absolute Gasteiger partial charge is 0.371 e. The molecular formula is C23H31NS. The summed E-state index contributed by atoms with van der Waals surface area (Å²) in [5.74, 6) is 2.12. The third-order valence-corrected chi connectivity index (χ3v) is 7.49. The Bertz CT molecular complexity index is 641. The second kappa shape index (κ2) is 8.03. The van der Waals surface area contributed by atoms with Gasteiger partial charge in [0.05, 0.1) is 0 Å². The molecule has 0 bridgehead atoms. The Balaban J connectivity index is 1.37. The van der Waals surface area contributed by atoms with E-state index in [9.17, 15) is 0 Å². The maximum Gasteiger partial charge on any atom is 0.0381 e. The summed E-state index contributed by atoms with van der Waals surface area (Å²) >= 11 is 2.08. The van der Waals surface area contributed by atoms with Crippen LogP contribution in [-0.4, -0.2) is 23.2 Å². The van der Waals surface area contributed by atoms with Crippen molar-refractivity contribution in [2.45, 2.75) is 68.7 Å². The lowest BCUT2D eigenvalue weighted by Crippen LogP contribution is -2.31. The molecule has 25 heavy (non-hydrogen) atoms. The van der Waals surface area contributed by atoms with Gasteiger partial charge in [0.1, 0.15) is 0 Å². The maximum absolute atomic E-state index is 4.48. The van der Waals surface area contributed by atoms with Crippen molar-refractivity contribution in [3.8, 4) is 0 Å². The van der Waals surface area contributed by atoms with Crippen molar-refractivity contribution < 1.29 is 0 Å². The van der Waals surface area contributed by atoms with E-state index in [4.69, 9.17) is 0 Å². The topological polar surface area (TPSA) is 3.24 Å². The predicted octanol–water partition coefficient (Wildman–Crippen LogP) is 6.30. The fourth-order valence-corrected chi connectivity index (χ4v) is 6.14. The number of nitrogens with zero attached hydrogens (tertiary/aromatic N) is 1. The second-order valence-corrected chi connectivity index (χ2v) is 9.05. The number of hydrogen-bond acceptors (Lipinski definition) is 2. The van der Waals surface area contributed by atoms with Gasteiger partial charge in [-0.05, 0) is 55.2 Å². The molecule has 0 aromatic heterocycles. The van der Waals surface area contributed by atoms with Crippen LogP contribution < -0.4 is 0 Å². The van der Waals surface area contributed by atoms with Gasteiger partial charge >= 0.3 is 0 Å². The van der Waals surface area contributed by atoms with Crippen LogP contribution in [0.4, 0.5) is 0 Å². The van der Waals surface area contributed by atoms with E-state index < -0.39 is 0 Å². The summed E-state index contributed by atoms with van der Waals surface area (Å²) in [6, 6.07) is 7.51. The van der Waals surface area contributed by atoms with Crippen molar-refractivity contribution in [1.29, 1.82) is 0 Å². The molecule has 1 aromatic rings. The fourth-order valence-electron chi connectivity index (χ4n) is 4.86. The monoisotopic (exact) mass is 353 g/mol. The summed E-state index contributed by atoms with van der Waals surface area (Å²) in [6.07, 6.45) is 16.6. The van der Waals surface area contributed by atoms with Gasteiger partial charge in [0, 0.05) is 28.9 Å². The van der Waals surface area contributed by atoms with Gasteiger partial charge < -0.3 is 4.90 Å². The molecule has 3 aliphatic rings. The summed E-state index contributed by atoms with van der Waals surface area (Å²) in [7, 11) is 0. The van der Waals surface area contributed by atoms with Gasteiger partial charge in [0.25, 0.3) is 0 Å². The van der Waals surface area contributed by atoms with Crippen molar-refractivity contribution in [1.82, 2.24) is 4.90 Å². The molecule has 0 radical (unpaired) electrons. The molecule has 1 nitrogen and oxygen atoms in total. The first kappa shape index (κ1) is 17.3. The van der Waals surface area contributed by atoms with Crippen LogP contribution in [0.25, 0.3) is 6.08 Å². The number of rotatable bonds is 6. The molecule has 1 aromatic carbocycles. The van der Waals surface area contributed by atoms with E-state index in [2.05, 4.69) is 53.6 Å². The first-order valence-electron chi connectivity index (χ1n) is 10.2. The summed E-state index contributed by atoms with van der Waals surface area (Å²) in [5, 5.41) is 0. The van der Waals surface area contributed by atoms with Crippen LogP contribution in [-0.2, 0) is 6.42 Å². The minimum Gasteiger partial charge on any atom is -0.371 e. The first-order chi connectivity index (χ1) is 12.3. The molecular weight excluding hydrogens is 322 g/mol. The zero-order valence-corrected chi connectivity index (χ0v) is 16.2. The lowest BCUT2D eigenvalue weighted by molar-refractivity contribution is 0.316. The molecule has 134 valence electrons. The molecule has 1 heterocycles. The smallest absolute Gasteiger partial charge is 0.0381 e. The van der Waals surface area contributed by atoms with E-state index >= 15 is 0 Å². The Morgan fingerprint density at radius 3 is 2.92 bits per heavy atom.